The summed E-state index contributed by atoms with van der Waals surface area (Å²) in [7, 11) is 4.07. The Bertz CT molecular complexity index is 342. The fourth-order valence-electron chi connectivity index (χ4n) is 1.59. The number of nitrogens with one attached hydrogen (secondary N) is 1. The van der Waals surface area contributed by atoms with E-state index in [9.17, 15) is 5.11 Å². The molecule has 0 saturated carbocycles. The highest BCUT2D eigenvalue weighted by Gasteiger charge is 2.06. The van der Waals surface area contributed by atoms with Gasteiger partial charge in [0.1, 0.15) is 5.75 Å². The molecule has 0 aliphatic heterocycles. The van der Waals surface area contributed by atoms with E-state index in [0.717, 1.165) is 12.1 Å². The van der Waals surface area contributed by atoms with Gasteiger partial charge in [0.15, 0.2) is 0 Å². The maximum Gasteiger partial charge on any atom is 0.120 e. The number of benzene rings is 1. The lowest BCUT2D eigenvalue weighted by Gasteiger charge is -2.18. The Kier molecular flexibility index (Phi) is 5.06. The molecular weight excluding hydrogens is 224 g/mol. The predicted octanol–water partition coefficient (Wildman–Crippen LogP) is 2.09. The highest BCUT2D eigenvalue weighted by atomic mass is 35.5. The van der Waals surface area contributed by atoms with Crippen LogP contribution >= 0.6 is 11.6 Å². The number of hydrogen-bond acceptors (Lipinski definition) is 3. The number of rotatable bonds is 5. The van der Waals surface area contributed by atoms with Crippen molar-refractivity contribution in [1.82, 2.24) is 10.2 Å². The van der Waals surface area contributed by atoms with Crippen LogP contribution in [-0.2, 0) is 6.54 Å². The molecule has 0 spiro atoms. The van der Waals surface area contributed by atoms with Gasteiger partial charge in [0.25, 0.3) is 0 Å². The third-order valence-corrected chi connectivity index (χ3v) is 2.56. The van der Waals surface area contributed by atoms with Crippen LogP contribution in [0.1, 0.15) is 12.5 Å². The highest BCUT2D eigenvalue weighted by molar-refractivity contribution is 6.30. The zero-order valence-electron chi connectivity index (χ0n) is 10.00. The maximum absolute atomic E-state index is 9.62. The summed E-state index contributed by atoms with van der Waals surface area (Å²) < 4.78 is 0. The van der Waals surface area contributed by atoms with Crippen molar-refractivity contribution < 1.29 is 5.11 Å². The minimum atomic E-state index is 0.286. The van der Waals surface area contributed by atoms with Crippen LogP contribution in [0, 0.1) is 0 Å². The largest absolute Gasteiger partial charge is 0.508 e. The van der Waals surface area contributed by atoms with Crippen LogP contribution in [0.2, 0.25) is 5.02 Å². The van der Waals surface area contributed by atoms with Crippen LogP contribution in [0.3, 0.4) is 0 Å². The second-order valence-corrected chi connectivity index (χ2v) is 4.75. The normalized spacial score (nSPS) is 13.1. The van der Waals surface area contributed by atoms with Crippen molar-refractivity contribution in [3.8, 4) is 5.75 Å². The molecule has 0 aliphatic carbocycles. The van der Waals surface area contributed by atoms with E-state index in [0.29, 0.717) is 17.6 Å². The SMILES string of the molecule is CC(CN(C)C)NCc1cc(Cl)ccc1O. The van der Waals surface area contributed by atoms with Gasteiger partial charge >= 0.3 is 0 Å². The molecule has 2 N–H and O–H groups in total. The zero-order chi connectivity index (χ0) is 12.1. The minimum absolute atomic E-state index is 0.286. The predicted molar refractivity (Wildman–Crippen MR) is 68.0 cm³/mol. The molecule has 0 aliphatic rings. The quantitative estimate of drug-likeness (QED) is 0.830. The zero-order valence-corrected chi connectivity index (χ0v) is 10.8. The molecule has 1 rings (SSSR count). The Balaban J connectivity index is 2.51. The molecule has 0 amide bonds. The molecule has 1 atom stereocenters. The molecular formula is C12H19ClN2O. The molecule has 0 fully saturated rings. The molecule has 0 heterocycles. The smallest absolute Gasteiger partial charge is 0.120 e. The van der Waals surface area contributed by atoms with Gasteiger partial charge in [-0.15, -0.1) is 0 Å². The van der Waals surface area contributed by atoms with Gasteiger partial charge < -0.3 is 15.3 Å². The Hall–Kier alpha value is -0.770. The van der Waals surface area contributed by atoms with Crippen molar-refractivity contribution in [3.05, 3.63) is 28.8 Å². The standard InChI is InChI=1S/C12H19ClN2O/c1-9(8-15(2)3)14-7-10-6-11(13)4-5-12(10)16/h4-6,9,14,16H,7-8H2,1-3H3. The van der Waals surface area contributed by atoms with E-state index in [2.05, 4.69) is 17.1 Å². The number of aromatic hydroxyl groups is 1. The van der Waals surface area contributed by atoms with Gasteiger partial charge in [0.05, 0.1) is 0 Å². The monoisotopic (exact) mass is 242 g/mol. The van der Waals surface area contributed by atoms with Crippen molar-refractivity contribution in [2.45, 2.75) is 19.5 Å². The van der Waals surface area contributed by atoms with Gasteiger partial charge in [-0.3, -0.25) is 0 Å². The molecule has 0 saturated heterocycles. The number of likely N-dealkylation sites (N-methyl/N-ethyl adjacent to an activating group) is 1. The third kappa shape index (κ3) is 4.39. The molecule has 0 radical (unpaired) electrons. The Morgan fingerprint density at radius 1 is 1.44 bits per heavy atom. The van der Waals surface area contributed by atoms with Crippen molar-refractivity contribution in [3.63, 3.8) is 0 Å². The Morgan fingerprint density at radius 2 is 2.12 bits per heavy atom. The summed E-state index contributed by atoms with van der Waals surface area (Å²) >= 11 is 5.87. The summed E-state index contributed by atoms with van der Waals surface area (Å²) in [4.78, 5) is 2.12. The van der Waals surface area contributed by atoms with Crippen LogP contribution in [0.25, 0.3) is 0 Å². The molecule has 0 aromatic heterocycles. The van der Waals surface area contributed by atoms with Gasteiger partial charge in [0.2, 0.25) is 0 Å². The first kappa shape index (κ1) is 13.3. The summed E-state index contributed by atoms with van der Waals surface area (Å²) in [6.45, 7) is 3.70. The highest BCUT2D eigenvalue weighted by Crippen LogP contribution is 2.21. The van der Waals surface area contributed by atoms with Crippen molar-refractivity contribution in [2.24, 2.45) is 0 Å². The van der Waals surface area contributed by atoms with Gasteiger partial charge in [0, 0.05) is 29.7 Å². The second kappa shape index (κ2) is 6.09. The summed E-state index contributed by atoms with van der Waals surface area (Å²) in [6.07, 6.45) is 0. The second-order valence-electron chi connectivity index (χ2n) is 4.32. The van der Waals surface area contributed by atoms with Crippen LogP contribution in [0.4, 0.5) is 0 Å². The number of hydrogen-bond donors (Lipinski definition) is 2. The first-order chi connectivity index (χ1) is 7.49. The van der Waals surface area contributed by atoms with Crippen molar-refractivity contribution in [1.29, 1.82) is 0 Å². The van der Waals surface area contributed by atoms with Crippen LogP contribution < -0.4 is 5.32 Å². The summed E-state index contributed by atoms with van der Waals surface area (Å²) in [5.74, 6) is 0.286. The lowest BCUT2D eigenvalue weighted by Crippen LogP contribution is -2.35. The summed E-state index contributed by atoms with van der Waals surface area (Å²) in [6, 6.07) is 5.46. The number of nitrogens with zero attached hydrogens (tertiary/aromatic N) is 1. The van der Waals surface area contributed by atoms with Crippen molar-refractivity contribution in [2.75, 3.05) is 20.6 Å². The van der Waals surface area contributed by atoms with E-state index in [1.54, 1.807) is 18.2 Å². The topological polar surface area (TPSA) is 35.5 Å². The average Bonchev–Trinajstić information content (AvgIpc) is 2.18. The molecule has 0 bridgehead atoms. The minimum Gasteiger partial charge on any atom is -0.508 e. The first-order valence-electron chi connectivity index (χ1n) is 5.34. The van der Waals surface area contributed by atoms with Crippen LogP contribution in [-0.4, -0.2) is 36.7 Å². The third-order valence-electron chi connectivity index (χ3n) is 2.32. The van der Waals surface area contributed by atoms with E-state index in [1.807, 2.05) is 14.1 Å². The van der Waals surface area contributed by atoms with E-state index in [4.69, 9.17) is 11.6 Å². The van der Waals surface area contributed by atoms with Gasteiger partial charge in [-0.1, -0.05) is 11.6 Å². The summed E-state index contributed by atoms with van der Waals surface area (Å²) in [5.41, 5.74) is 0.832. The van der Waals surface area contributed by atoms with Gasteiger partial charge in [-0.05, 0) is 39.2 Å². The van der Waals surface area contributed by atoms with E-state index in [-0.39, 0.29) is 5.75 Å². The first-order valence-corrected chi connectivity index (χ1v) is 5.72. The summed E-state index contributed by atoms with van der Waals surface area (Å²) in [5, 5.41) is 13.6. The van der Waals surface area contributed by atoms with E-state index in [1.165, 1.54) is 0 Å². The molecule has 1 unspecified atom stereocenters. The van der Waals surface area contributed by atoms with E-state index < -0.39 is 0 Å². The Morgan fingerprint density at radius 3 is 2.75 bits per heavy atom. The van der Waals surface area contributed by atoms with E-state index >= 15 is 0 Å². The maximum atomic E-state index is 9.62. The van der Waals surface area contributed by atoms with Gasteiger partial charge in [-0.25, -0.2) is 0 Å². The average molecular weight is 243 g/mol. The van der Waals surface area contributed by atoms with Crippen LogP contribution in [0.15, 0.2) is 18.2 Å². The molecule has 1 aromatic rings. The molecule has 3 nitrogen and oxygen atoms in total. The number of halogens is 1. The lowest BCUT2D eigenvalue weighted by molar-refractivity contribution is 0.347. The van der Waals surface area contributed by atoms with Crippen molar-refractivity contribution >= 4 is 11.6 Å². The lowest BCUT2D eigenvalue weighted by atomic mass is 10.2. The molecule has 1 aromatic carbocycles. The molecule has 16 heavy (non-hydrogen) atoms. The fourth-order valence-corrected chi connectivity index (χ4v) is 1.79. The molecule has 90 valence electrons. The molecule has 4 heteroatoms. The van der Waals surface area contributed by atoms with Gasteiger partial charge in [-0.2, -0.15) is 0 Å². The fraction of sp³-hybridized carbons (Fsp3) is 0.500. The number of phenolic OH excluding ortho intramolecular Hbond substituents is 1. The number of phenols is 1. The van der Waals surface area contributed by atoms with Crippen LogP contribution in [0.5, 0.6) is 5.75 Å². The Labute approximate surface area is 102 Å².